The lowest BCUT2D eigenvalue weighted by atomic mass is 10.1. The first-order valence-electron chi connectivity index (χ1n) is 12.2. The largest absolute Gasteiger partial charge is 0.492 e. The number of unbranched alkanes of at least 4 members (excludes halogenated alkanes) is 2. The minimum Gasteiger partial charge on any atom is -0.492 e. The summed E-state index contributed by atoms with van der Waals surface area (Å²) in [5, 5.41) is 3.05. The smallest absolute Gasteiger partial charge is 0.220 e. The molecular weight excluding hydrogens is 422 g/mol. The van der Waals surface area contributed by atoms with E-state index in [0.717, 1.165) is 67.8 Å². The molecule has 0 spiro atoms. The van der Waals surface area contributed by atoms with E-state index in [9.17, 15) is 4.79 Å². The molecule has 34 heavy (non-hydrogen) atoms. The molecule has 0 atom stereocenters. The standard InChI is InChI=1S/C29H33N3O2/c33-29(20-19-24-12-4-1-5-13-24)30-21-11-3-8-18-28-31-26-16-9-10-17-27(26)32(28)22-23-34-25-14-6-2-7-15-25/h1-2,4-7,9-10,12-17H,3,8,11,18-23H2,(H,30,33). The molecule has 0 aliphatic heterocycles. The number of carbonyl (C=O) groups excluding carboxylic acids is 1. The fourth-order valence-electron chi connectivity index (χ4n) is 4.14. The Morgan fingerprint density at radius 2 is 1.56 bits per heavy atom. The Morgan fingerprint density at radius 3 is 2.38 bits per heavy atom. The Bertz CT molecular complexity index is 1160. The molecule has 3 aromatic carbocycles. The van der Waals surface area contributed by atoms with Crippen molar-refractivity contribution in [1.82, 2.24) is 14.9 Å². The average molecular weight is 456 g/mol. The molecular formula is C29H33N3O2. The highest BCUT2D eigenvalue weighted by molar-refractivity contribution is 5.76. The van der Waals surface area contributed by atoms with Crippen LogP contribution in [0.2, 0.25) is 0 Å². The van der Waals surface area contributed by atoms with Crippen molar-refractivity contribution in [3.63, 3.8) is 0 Å². The molecule has 0 fully saturated rings. The lowest BCUT2D eigenvalue weighted by molar-refractivity contribution is -0.121. The molecule has 1 heterocycles. The average Bonchev–Trinajstić information content (AvgIpc) is 3.23. The number of para-hydroxylation sites is 3. The minimum absolute atomic E-state index is 0.129. The van der Waals surface area contributed by atoms with Crippen LogP contribution < -0.4 is 10.1 Å². The van der Waals surface area contributed by atoms with Crippen molar-refractivity contribution in [1.29, 1.82) is 0 Å². The zero-order valence-corrected chi connectivity index (χ0v) is 19.7. The van der Waals surface area contributed by atoms with E-state index in [1.54, 1.807) is 0 Å². The van der Waals surface area contributed by atoms with E-state index in [2.05, 4.69) is 40.2 Å². The molecule has 5 heteroatoms. The molecule has 0 aliphatic rings. The number of nitrogens with zero attached hydrogens (tertiary/aromatic N) is 2. The Labute approximate surface area is 201 Å². The molecule has 0 saturated heterocycles. The van der Waals surface area contributed by atoms with Gasteiger partial charge in [-0.05, 0) is 49.1 Å². The van der Waals surface area contributed by atoms with Crippen LogP contribution in [-0.2, 0) is 24.2 Å². The second-order valence-electron chi connectivity index (χ2n) is 8.48. The Hall–Kier alpha value is -3.60. The van der Waals surface area contributed by atoms with Crippen LogP contribution in [0.3, 0.4) is 0 Å². The molecule has 0 aliphatic carbocycles. The highest BCUT2D eigenvalue weighted by atomic mass is 16.5. The number of aromatic nitrogens is 2. The van der Waals surface area contributed by atoms with Crippen LogP contribution in [-0.4, -0.2) is 28.6 Å². The van der Waals surface area contributed by atoms with Gasteiger partial charge in [-0.25, -0.2) is 4.98 Å². The summed E-state index contributed by atoms with van der Waals surface area (Å²) < 4.78 is 8.20. The number of rotatable bonds is 13. The number of aryl methyl sites for hydroxylation is 2. The number of ether oxygens (including phenoxy) is 1. The first-order valence-corrected chi connectivity index (χ1v) is 12.2. The predicted molar refractivity (Wildman–Crippen MR) is 137 cm³/mol. The molecule has 0 radical (unpaired) electrons. The third kappa shape index (κ3) is 6.95. The van der Waals surface area contributed by atoms with Crippen LogP contribution in [0, 0.1) is 0 Å². The number of nitrogens with one attached hydrogen (secondary N) is 1. The summed E-state index contributed by atoms with van der Waals surface area (Å²) in [6.07, 6.45) is 5.33. The monoisotopic (exact) mass is 455 g/mol. The molecule has 4 rings (SSSR count). The van der Waals surface area contributed by atoms with Gasteiger partial charge in [-0.3, -0.25) is 4.79 Å². The van der Waals surface area contributed by atoms with Gasteiger partial charge in [-0.15, -0.1) is 0 Å². The molecule has 1 aromatic heterocycles. The van der Waals surface area contributed by atoms with E-state index in [1.165, 1.54) is 5.56 Å². The van der Waals surface area contributed by atoms with Gasteiger partial charge < -0.3 is 14.6 Å². The zero-order valence-electron chi connectivity index (χ0n) is 19.7. The van der Waals surface area contributed by atoms with Crippen molar-refractivity contribution in [2.24, 2.45) is 0 Å². The van der Waals surface area contributed by atoms with Crippen molar-refractivity contribution in [3.05, 3.63) is 96.3 Å². The maximum Gasteiger partial charge on any atom is 0.220 e. The van der Waals surface area contributed by atoms with Gasteiger partial charge in [0.25, 0.3) is 0 Å². The van der Waals surface area contributed by atoms with Gasteiger partial charge >= 0.3 is 0 Å². The number of carbonyl (C=O) groups is 1. The summed E-state index contributed by atoms with van der Waals surface area (Å²) in [6.45, 7) is 2.10. The predicted octanol–water partition coefficient (Wildman–Crippen LogP) is 5.58. The minimum atomic E-state index is 0.129. The second kappa shape index (κ2) is 12.6. The summed E-state index contributed by atoms with van der Waals surface area (Å²) in [5.74, 6) is 2.12. The second-order valence-corrected chi connectivity index (χ2v) is 8.48. The highest BCUT2D eigenvalue weighted by Gasteiger charge is 2.10. The van der Waals surface area contributed by atoms with Gasteiger partial charge in [0.15, 0.2) is 0 Å². The van der Waals surface area contributed by atoms with E-state index >= 15 is 0 Å². The van der Waals surface area contributed by atoms with Crippen LogP contribution in [0.4, 0.5) is 0 Å². The van der Waals surface area contributed by atoms with Crippen molar-refractivity contribution in [3.8, 4) is 5.75 Å². The van der Waals surface area contributed by atoms with Crippen LogP contribution in [0.25, 0.3) is 11.0 Å². The molecule has 0 unspecified atom stereocenters. The van der Waals surface area contributed by atoms with Crippen molar-refractivity contribution in [2.75, 3.05) is 13.2 Å². The lowest BCUT2D eigenvalue weighted by Crippen LogP contribution is -2.24. The van der Waals surface area contributed by atoms with Crippen molar-refractivity contribution >= 4 is 16.9 Å². The molecule has 1 amide bonds. The first-order chi connectivity index (χ1) is 16.8. The van der Waals surface area contributed by atoms with Gasteiger partial charge in [0.05, 0.1) is 17.6 Å². The summed E-state index contributed by atoms with van der Waals surface area (Å²) >= 11 is 0. The Kier molecular flexibility index (Phi) is 8.72. The third-order valence-corrected chi connectivity index (χ3v) is 5.94. The van der Waals surface area contributed by atoms with E-state index in [0.29, 0.717) is 13.0 Å². The number of hydrogen-bond donors (Lipinski definition) is 1. The van der Waals surface area contributed by atoms with Crippen LogP contribution >= 0.6 is 0 Å². The van der Waals surface area contributed by atoms with Gasteiger partial charge in [-0.1, -0.05) is 67.1 Å². The lowest BCUT2D eigenvalue weighted by Gasteiger charge is -2.11. The maximum atomic E-state index is 12.1. The topological polar surface area (TPSA) is 56.2 Å². The van der Waals surface area contributed by atoms with Crippen LogP contribution in [0.15, 0.2) is 84.9 Å². The SMILES string of the molecule is O=C(CCc1ccccc1)NCCCCCc1nc2ccccc2n1CCOc1ccccc1. The number of amides is 1. The fraction of sp³-hybridized carbons (Fsp3) is 0.310. The fourth-order valence-corrected chi connectivity index (χ4v) is 4.14. The van der Waals surface area contributed by atoms with E-state index in [1.807, 2.05) is 54.6 Å². The number of imidazole rings is 1. The van der Waals surface area contributed by atoms with E-state index in [4.69, 9.17) is 9.72 Å². The van der Waals surface area contributed by atoms with Gasteiger partial charge in [0.1, 0.15) is 18.2 Å². The van der Waals surface area contributed by atoms with E-state index < -0.39 is 0 Å². The van der Waals surface area contributed by atoms with Gasteiger partial charge in [-0.2, -0.15) is 0 Å². The van der Waals surface area contributed by atoms with Crippen molar-refractivity contribution in [2.45, 2.75) is 45.1 Å². The Balaban J connectivity index is 1.20. The quantitative estimate of drug-likeness (QED) is 0.268. The summed E-state index contributed by atoms with van der Waals surface area (Å²) in [6, 6.07) is 28.4. The number of fused-ring (bicyclic) bond motifs is 1. The van der Waals surface area contributed by atoms with Crippen LogP contribution in [0.5, 0.6) is 5.75 Å². The van der Waals surface area contributed by atoms with Crippen molar-refractivity contribution < 1.29 is 9.53 Å². The normalized spacial score (nSPS) is 10.9. The van der Waals surface area contributed by atoms with Gasteiger partial charge in [0.2, 0.25) is 5.91 Å². The first kappa shape index (κ1) is 23.6. The maximum absolute atomic E-state index is 12.1. The molecule has 176 valence electrons. The molecule has 0 bridgehead atoms. The summed E-state index contributed by atoms with van der Waals surface area (Å²) in [5.41, 5.74) is 3.39. The zero-order chi connectivity index (χ0) is 23.4. The summed E-state index contributed by atoms with van der Waals surface area (Å²) in [7, 11) is 0. The molecule has 5 nitrogen and oxygen atoms in total. The Morgan fingerprint density at radius 1 is 0.824 bits per heavy atom. The van der Waals surface area contributed by atoms with E-state index in [-0.39, 0.29) is 5.91 Å². The van der Waals surface area contributed by atoms with Crippen LogP contribution in [0.1, 0.15) is 37.1 Å². The molecule has 1 N–H and O–H groups in total. The van der Waals surface area contributed by atoms with Gasteiger partial charge in [0, 0.05) is 19.4 Å². The molecule has 0 saturated carbocycles. The molecule has 4 aromatic rings. The third-order valence-electron chi connectivity index (χ3n) is 5.94. The number of benzene rings is 3. The number of hydrogen-bond acceptors (Lipinski definition) is 3. The highest BCUT2D eigenvalue weighted by Crippen LogP contribution is 2.18. The summed E-state index contributed by atoms with van der Waals surface area (Å²) in [4.78, 5) is 17.0.